The minimum absolute atomic E-state index is 0. The van der Waals surface area contributed by atoms with Gasteiger partial charge in [0.15, 0.2) is 0 Å². The van der Waals surface area contributed by atoms with E-state index in [1.165, 1.54) is 0 Å². The molecule has 0 saturated heterocycles. The van der Waals surface area contributed by atoms with Gasteiger partial charge in [-0.3, -0.25) is 9.11 Å². The van der Waals surface area contributed by atoms with E-state index in [1.54, 1.807) is 0 Å². The first-order chi connectivity index (χ1) is 4.00. The maximum atomic E-state index is 8.74. The second-order valence-corrected chi connectivity index (χ2v) is 3.14. The van der Waals surface area contributed by atoms with Crippen LogP contribution in [0.5, 0.6) is 0 Å². The first-order valence-corrected chi connectivity index (χ1v) is 4.78. The molecule has 12 heavy (non-hydrogen) atoms. The SMILES string of the molecule is Cl.O=S(=O)(O)O.O[Si](O)(O)O.[Fe]. The van der Waals surface area contributed by atoms with Crippen LogP contribution < -0.4 is 0 Å². The van der Waals surface area contributed by atoms with Gasteiger partial charge in [-0.25, -0.2) is 0 Å². The van der Waals surface area contributed by atoms with Crippen LogP contribution in [0.2, 0.25) is 0 Å². The zero-order valence-electron chi connectivity index (χ0n) is 5.17. The van der Waals surface area contributed by atoms with Gasteiger partial charge in [0.1, 0.15) is 0 Å². The predicted octanol–water partition coefficient (Wildman–Crippen LogP) is -2.84. The van der Waals surface area contributed by atoms with Crippen molar-refractivity contribution in [3.63, 3.8) is 0 Å². The van der Waals surface area contributed by atoms with Crippen molar-refractivity contribution in [2.45, 2.75) is 0 Å². The van der Waals surface area contributed by atoms with E-state index in [4.69, 9.17) is 36.7 Å². The Balaban J connectivity index is -0.0000000457. The largest absolute Gasteiger partial charge is 0.668 e. The summed E-state index contributed by atoms with van der Waals surface area (Å²) in [6.45, 7) is 0. The zero-order chi connectivity index (χ0) is 9.00. The van der Waals surface area contributed by atoms with Gasteiger partial charge in [-0.05, 0) is 0 Å². The Labute approximate surface area is 85.8 Å². The van der Waals surface area contributed by atoms with E-state index in [2.05, 4.69) is 0 Å². The summed E-state index contributed by atoms with van der Waals surface area (Å²) < 4.78 is 31.6. The molecule has 0 aliphatic heterocycles. The van der Waals surface area contributed by atoms with Crippen LogP contribution in [0.3, 0.4) is 0 Å². The third kappa shape index (κ3) is 1880. The summed E-state index contributed by atoms with van der Waals surface area (Å²) in [5, 5.41) is 0. The van der Waals surface area contributed by atoms with Crippen LogP contribution in [-0.2, 0) is 27.5 Å². The molecule has 0 aliphatic rings. The van der Waals surface area contributed by atoms with E-state index < -0.39 is 19.4 Å². The number of rotatable bonds is 0. The summed E-state index contributed by atoms with van der Waals surface area (Å²) in [7, 11) is -9.28. The van der Waals surface area contributed by atoms with Crippen LogP contribution in [0.4, 0.5) is 0 Å². The van der Waals surface area contributed by atoms with E-state index in [-0.39, 0.29) is 29.5 Å². The molecule has 0 aliphatic carbocycles. The van der Waals surface area contributed by atoms with E-state index in [1.807, 2.05) is 0 Å². The standard InChI is InChI=1S/ClH.Fe.H2O4S.H4O4Si/c;;2*1-5(2,3)4/h1H;;(H2,1,2,3,4);1-4H. The predicted molar refractivity (Wildman–Crippen MR) is 36.1 cm³/mol. The Kier molecular flexibility index (Phi) is 16.0. The van der Waals surface area contributed by atoms with Gasteiger partial charge in [0.05, 0.1) is 0 Å². The number of hydrogen-bond donors (Lipinski definition) is 6. The Morgan fingerprint density at radius 1 is 0.917 bits per heavy atom. The van der Waals surface area contributed by atoms with Crippen LogP contribution >= 0.6 is 12.4 Å². The molecular formula is H7ClFeO8SSi. The monoisotopic (exact) mass is 286 g/mol. The van der Waals surface area contributed by atoms with Crippen LogP contribution in [0.15, 0.2) is 0 Å². The van der Waals surface area contributed by atoms with Crippen molar-refractivity contribution >= 4 is 31.9 Å². The average Bonchev–Trinajstić information content (AvgIpc) is 1.12. The molecule has 0 saturated carbocycles. The molecule has 0 aromatic heterocycles. The fourth-order valence-electron chi connectivity index (χ4n) is 0. The van der Waals surface area contributed by atoms with Crippen LogP contribution in [0, 0.1) is 0 Å². The van der Waals surface area contributed by atoms with Gasteiger partial charge in [-0.15, -0.1) is 12.4 Å². The minimum atomic E-state index is -4.67. The van der Waals surface area contributed by atoms with Crippen molar-refractivity contribution in [1.29, 1.82) is 0 Å². The third-order valence-electron chi connectivity index (χ3n) is 0. The summed E-state index contributed by atoms with van der Waals surface area (Å²) in [5.41, 5.74) is 0. The van der Waals surface area contributed by atoms with Gasteiger partial charge in [0, 0.05) is 17.1 Å². The van der Waals surface area contributed by atoms with Crippen LogP contribution in [0.25, 0.3) is 0 Å². The first kappa shape index (κ1) is 23.0. The summed E-state index contributed by atoms with van der Waals surface area (Å²) in [5.74, 6) is 0. The van der Waals surface area contributed by atoms with E-state index in [9.17, 15) is 0 Å². The molecule has 0 fully saturated rings. The second kappa shape index (κ2) is 8.34. The molecule has 8 nitrogen and oxygen atoms in total. The smallest absolute Gasteiger partial charge is 0.368 e. The minimum Gasteiger partial charge on any atom is -0.368 e. The van der Waals surface area contributed by atoms with Gasteiger partial charge in [-0.1, -0.05) is 0 Å². The molecule has 0 unspecified atom stereocenters. The first-order valence-electron chi connectivity index (χ1n) is 1.59. The van der Waals surface area contributed by atoms with E-state index >= 15 is 0 Å². The molecule has 0 heterocycles. The number of hydrogen-bond acceptors (Lipinski definition) is 6. The maximum absolute atomic E-state index is 8.74. The Morgan fingerprint density at radius 3 is 0.917 bits per heavy atom. The molecule has 12 heteroatoms. The van der Waals surface area contributed by atoms with Gasteiger partial charge in [0.2, 0.25) is 0 Å². The van der Waals surface area contributed by atoms with Gasteiger partial charge in [-0.2, -0.15) is 8.42 Å². The molecule has 6 N–H and O–H groups in total. The van der Waals surface area contributed by atoms with Crippen molar-refractivity contribution in [3.8, 4) is 0 Å². The zero-order valence-corrected chi connectivity index (χ0v) is 8.91. The van der Waals surface area contributed by atoms with Crippen LogP contribution in [0.1, 0.15) is 0 Å². The van der Waals surface area contributed by atoms with Gasteiger partial charge >= 0.3 is 19.4 Å². The topological polar surface area (TPSA) is 156 Å². The van der Waals surface area contributed by atoms with Crippen molar-refractivity contribution in [1.82, 2.24) is 0 Å². The number of halogens is 1. The van der Waals surface area contributed by atoms with Crippen molar-refractivity contribution in [3.05, 3.63) is 0 Å². The maximum Gasteiger partial charge on any atom is 0.668 e. The quantitative estimate of drug-likeness (QED) is 0.205. The summed E-state index contributed by atoms with van der Waals surface area (Å²) in [6.07, 6.45) is 0. The van der Waals surface area contributed by atoms with E-state index in [0.29, 0.717) is 0 Å². The Morgan fingerprint density at radius 2 is 0.917 bits per heavy atom. The third-order valence-corrected chi connectivity index (χ3v) is 0. The normalized spacial score (nSPS) is 9.83. The molecule has 0 amide bonds. The van der Waals surface area contributed by atoms with Crippen LogP contribution in [-0.4, -0.2) is 45.8 Å². The molecular weight excluding hydrogens is 279 g/mol. The summed E-state index contributed by atoms with van der Waals surface area (Å²) >= 11 is 0. The summed E-state index contributed by atoms with van der Waals surface area (Å²) in [6, 6.07) is 0. The van der Waals surface area contributed by atoms with Crippen molar-refractivity contribution < 1.29 is 53.8 Å². The van der Waals surface area contributed by atoms with Crippen molar-refractivity contribution in [2.24, 2.45) is 0 Å². The van der Waals surface area contributed by atoms with Gasteiger partial charge < -0.3 is 19.2 Å². The molecule has 0 bridgehead atoms. The molecule has 0 aromatic rings. The van der Waals surface area contributed by atoms with Crippen molar-refractivity contribution in [2.75, 3.05) is 0 Å². The molecule has 0 radical (unpaired) electrons. The molecule has 0 atom stereocenters. The average molecular weight is 286 g/mol. The molecule has 0 rings (SSSR count). The second-order valence-electron chi connectivity index (χ2n) is 1.05. The van der Waals surface area contributed by atoms with Gasteiger partial charge in [0.25, 0.3) is 0 Å². The summed E-state index contributed by atoms with van der Waals surface area (Å²) in [4.78, 5) is 29.3. The molecule has 0 spiro atoms. The molecule has 0 aromatic carbocycles. The fourth-order valence-corrected chi connectivity index (χ4v) is 0. The Bertz CT molecular complexity index is 154. The van der Waals surface area contributed by atoms with E-state index in [0.717, 1.165) is 0 Å². The Hall–Kier alpha value is 0.736. The molecule has 80 valence electrons. The fraction of sp³-hybridized carbons (Fsp3) is 0.